The van der Waals surface area contributed by atoms with Gasteiger partial charge in [-0.2, -0.15) is 0 Å². The summed E-state index contributed by atoms with van der Waals surface area (Å²) in [4.78, 5) is 15.1. The smallest absolute Gasteiger partial charge is 0.346 e. The molecule has 0 bridgehead atoms. The van der Waals surface area contributed by atoms with Crippen LogP contribution in [0, 0.1) is 0 Å². The number of carbonyl (C=O) groups excluding carboxylic acids is 1. The summed E-state index contributed by atoms with van der Waals surface area (Å²) >= 11 is 8.98. The van der Waals surface area contributed by atoms with Crippen LogP contribution in [-0.2, 0) is 9.53 Å². The van der Waals surface area contributed by atoms with E-state index >= 15 is 0 Å². The fourth-order valence-corrected chi connectivity index (χ4v) is 6.44. The molecule has 0 fully saturated rings. The topological polar surface area (TPSA) is 38.3 Å². The minimum Gasteiger partial charge on any atom is -0.462 e. The van der Waals surface area contributed by atoms with Crippen molar-refractivity contribution in [1.29, 1.82) is 0 Å². The summed E-state index contributed by atoms with van der Waals surface area (Å²) in [5.74, 6) is -0.285. The van der Waals surface area contributed by atoms with E-state index in [1.165, 1.54) is 11.8 Å². The minimum absolute atomic E-state index is 0.285. The number of thiocarbonyl (C=S) groups is 1. The third-order valence-electron chi connectivity index (χ3n) is 4.73. The maximum Gasteiger partial charge on any atom is 0.346 e. The third kappa shape index (κ3) is 3.77. The van der Waals surface area contributed by atoms with Gasteiger partial charge in [-0.25, -0.2) is 4.79 Å². The molecule has 3 nitrogen and oxygen atoms in total. The lowest BCUT2D eigenvalue weighted by molar-refractivity contribution is -0.137. The number of nitrogens with one attached hydrogen (secondary N) is 1. The monoisotopic (exact) mass is 439 g/mol. The van der Waals surface area contributed by atoms with Gasteiger partial charge in [0.2, 0.25) is 0 Å². The van der Waals surface area contributed by atoms with Crippen LogP contribution in [0.3, 0.4) is 0 Å². The normalized spacial score (nSPS) is 20.3. The van der Waals surface area contributed by atoms with E-state index in [0.717, 1.165) is 36.4 Å². The van der Waals surface area contributed by atoms with Crippen LogP contribution in [0.1, 0.15) is 31.9 Å². The molecule has 148 valence electrons. The fourth-order valence-electron chi connectivity index (χ4n) is 3.35. The summed E-state index contributed by atoms with van der Waals surface area (Å²) in [5.41, 5.74) is 3.82. The van der Waals surface area contributed by atoms with Crippen LogP contribution in [0.4, 0.5) is 5.69 Å². The van der Waals surface area contributed by atoms with E-state index in [1.54, 1.807) is 11.8 Å². The minimum atomic E-state index is -0.354. The van der Waals surface area contributed by atoms with E-state index in [2.05, 4.69) is 31.3 Å². The van der Waals surface area contributed by atoms with Crippen molar-refractivity contribution < 1.29 is 9.53 Å². The van der Waals surface area contributed by atoms with Gasteiger partial charge >= 0.3 is 5.97 Å². The zero-order valence-electron chi connectivity index (χ0n) is 16.4. The number of hydrogen-bond acceptors (Lipinski definition) is 6. The molecule has 6 heteroatoms. The summed E-state index contributed by atoms with van der Waals surface area (Å²) in [5, 5.41) is 3.54. The number of rotatable bonds is 3. The lowest BCUT2D eigenvalue weighted by Crippen LogP contribution is -2.43. The molecular formula is C23H21NO2S3. The van der Waals surface area contributed by atoms with Crippen molar-refractivity contribution in [2.45, 2.75) is 26.3 Å². The fraction of sp³-hybridized carbons (Fsp3) is 0.217. The van der Waals surface area contributed by atoms with Crippen molar-refractivity contribution in [2.24, 2.45) is 0 Å². The lowest BCUT2D eigenvalue weighted by atomic mass is 9.86. The number of hydrogen-bond donors (Lipinski definition) is 1. The highest BCUT2D eigenvalue weighted by atomic mass is 32.2. The average Bonchev–Trinajstić information content (AvgIpc) is 3.15. The second-order valence-corrected chi connectivity index (χ2v) is 9.94. The van der Waals surface area contributed by atoms with Crippen LogP contribution < -0.4 is 5.32 Å². The van der Waals surface area contributed by atoms with Gasteiger partial charge in [0, 0.05) is 26.6 Å². The zero-order chi connectivity index (χ0) is 20.6. The highest BCUT2D eigenvalue weighted by Crippen LogP contribution is 2.57. The van der Waals surface area contributed by atoms with Gasteiger partial charge in [0.15, 0.2) is 0 Å². The second-order valence-electron chi connectivity index (χ2n) is 7.24. The molecular weight excluding hydrogens is 418 g/mol. The van der Waals surface area contributed by atoms with E-state index in [-0.39, 0.29) is 11.5 Å². The number of carbonyl (C=O) groups is 1. The van der Waals surface area contributed by atoms with Crippen LogP contribution in [0.5, 0.6) is 0 Å². The van der Waals surface area contributed by atoms with E-state index in [1.807, 2.05) is 49.4 Å². The van der Waals surface area contributed by atoms with Crippen molar-refractivity contribution in [1.82, 2.24) is 0 Å². The maximum absolute atomic E-state index is 12.7. The first-order valence-electron chi connectivity index (χ1n) is 9.41. The van der Waals surface area contributed by atoms with E-state index in [0.29, 0.717) is 11.5 Å². The molecule has 0 aromatic heterocycles. The van der Waals surface area contributed by atoms with Crippen molar-refractivity contribution >= 4 is 62.7 Å². The summed E-state index contributed by atoms with van der Waals surface area (Å²) in [7, 11) is 0. The number of benzene rings is 2. The zero-order valence-corrected chi connectivity index (χ0v) is 18.9. The lowest BCUT2D eigenvalue weighted by Gasteiger charge is -2.36. The number of ether oxygens (including phenoxy) is 1. The van der Waals surface area contributed by atoms with Gasteiger partial charge in [-0.1, -0.05) is 84.3 Å². The second kappa shape index (κ2) is 8.01. The molecule has 2 aromatic rings. The van der Waals surface area contributed by atoms with Gasteiger partial charge in [-0.15, -0.1) is 0 Å². The molecule has 2 aliphatic rings. The predicted molar refractivity (Wildman–Crippen MR) is 129 cm³/mol. The summed E-state index contributed by atoms with van der Waals surface area (Å²) in [6, 6.07) is 18.2. The van der Waals surface area contributed by atoms with Crippen LogP contribution in [0.15, 0.2) is 63.7 Å². The third-order valence-corrected chi connectivity index (χ3v) is 8.08. The molecule has 0 aliphatic carbocycles. The molecule has 29 heavy (non-hydrogen) atoms. The quantitative estimate of drug-likeness (QED) is 0.342. The first-order valence-corrected chi connectivity index (χ1v) is 11.5. The standard InChI is InChI=1S/C23H21NO2S3/c1-4-26-21(25)19-18(14-10-6-5-7-11-14)28-22(29-19)17-15-12-8-9-13-16(15)24-23(2,3)20(17)27/h5-13,24H,4H2,1-3H3/b22-17+. The highest BCUT2D eigenvalue weighted by Gasteiger charge is 2.38. The van der Waals surface area contributed by atoms with Crippen molar-refractivity contribution in [2.75, 3.05) is 11.9 Å². The van der Waals surface area contributed by atoms with Gasteiger partial charge in [0.1, 0.15) is 4.91 Å². The molecule has 0 unspecified atom stereocenters. The van der Waals surface area contributed by atoms with E-state index < -0.39 is 0 Å². The Hall–Kier alpha value is -2.02. The molecule has 1 N–H and O–H groups in total. The van der Waals surface area contributed by atoms with Crippen LogP contribution in [0.25, 0.3) is 10.5 Å². The Bertz CT molecular complexity index is 1050. The first kappa shape index (κ1) is 20.3. The van der Waals surface area contributed by atoms with Gasteiger partial charge in [0.25, 0.3) is 0 Å². The SMILES string of the molecule is CCOC(=O)C1=C(c2ccccc2)S/C(=C2\C(=S)C(C)(C)Nc3ccccc32)S1. The number of esters is 1. The number of anilines is 1. The Morgan fingerprint density at radius 1 is 1.07 bits per heavy atom. The molecule has 2 heterocycles. The molecule has 2 aromatic carbocycles. The van der Waals surface area contributed by atoms with Crippen LogP contribution >= 0.6 is 35.7 Å². The first-order chi connectivity index (χ1) is 13.9. The van der Waals surface area contributed by atoms with Crippen molar-refractivity contribution in [3.05, 3.63) is 74.9 Å². The Balaban J connectivity index is 1.86. The van der Waals surface area contributed by atoms with Gasteiger partial charge < -0.3 is 10.1 Å². The molecule has 0 radical (unpaired) electrons. The number of para-hydroxylation sites is 1. The predicted octanol–water partition coefficient (Wildman–Crippen LogP) is 6.34. The van der Waals surface area contributed by atoms with E-state index in [4.69, 9.17) is 17.0 Å². The molecule has 0 amide bonds. The Morgan fingerprint density at radius 3 is 2.48 bits per heavy atom. The van der Waals surface area contributed by atoms with Crippen molar-refractivity contribution in [3.8, 4) is 0 Å². The Kier molecular flexibility index (Phi) is 5.60. The highest BCUT2D eigenvalue weighted by molar-refractivity contribution is 8.32. The summed E-state index contributed by atoms with van der Waals surface area (Å²) in [6.07, 6.45) is 0. The van der Waals surface area contributed by atoms with Crippen LogP contribution in [0.2, 0.25) is 0 Å². The molecule has 0 spiro atoms. The average molecular weight is 440 g/mol. The molecule has 0 saturated carbocycles. The van der Waals surface area contributed by atoms with Crippen molar-refractivity contribution in [3.63, 3.8) is 0 Å². The summed E-state index contributed by atoms with van der Waals surface area (Å²) < 4.78 is 6.38. The number of fused-ring (bicyclic) bond motifs is 1. The Labute approximate surface area is 185 Å². The van der Waals surface area contributed by atoms with Gasteiger partial charge in [-0.3, -0.25) is 0 Å². The largest absolute Gasteiger partial charge is 0.462 e. The number of thioether (sulfide) groups is 2. The molecule has 0 atom stereocenters. The maximum atomic E-state index is 12.7. The van der Waals surface area contributed by atoms with Gasteiger partial charge in [0.05, 0.1) is 16.4 Å². The van der Waals surface area contributed by atoms with Gasteiger partial charge in [-0.05, 0) is 32.4 Å². The molecule has 2 aliphatic heterocycles. The summed E-state index contributed by atoms with van der Waals surface area (Å²) in [6.45, 7) is 6.36. The van der Waals surface area contributed by atoms with E-state index in [9.17, 15) is 4.79 Å². The Morgan fingerprint density at radius 2 is 1.76 bits per heavy atom. The molecule has 0 saturated heterocycles. The van der Waals surface area contributed by atoms with Crippen LogP contribution in [-0.4, -0.2) is 23.0 Å². The molecule has 4 rings (SSSR count).